The zero-order valence-corrected chi connectivity index (χ0v) is 14.2. The van der Waals surface area contributed by atoms with Crippen LogP contribution in [0, 0.1) is 11.3 Å². The van der Waals surface area contributed by atoms with E-state index in [-0.39, 0.29) is 5.43 Å². The van der Waals surface area contributed by atoms with E-state index in [9.17, 15) is 4.79 Å². The molecule has 5 nitrogen and oxygen atoms in total. The molecule has 0 bridgehead atoms. The molecular weight excluding hydrogens is 316 g/mol. The van der Waals surface area contributed by atoms with Crippen molar-refractivity contribution < 1.29 is 9.47 Å². The largest absolute Gasteiger partial charge is 0.497 e. The Balaban J connectivity index is 2.23. The van der Waals surface area contributed by atoms with Crippen LogP contribution in [-0.2, 0) is 6.54 Å². The highest BCUT2D eigenvalue weighted by Crippen LogP contribution is 2.25. The molecule has 0 amide bonds. The van der Waals surface area contributed by atoms with Crippen LogP contribution < -0.4 is 14.9 Å². The Bertz CT molecular complexity index is 998. The zero-order valence-electron chi connectivity index (χ0n) is 14.2. The molecule has 0 atom stereocenters. The van der Waals surface area contributed by atoms with Gasteiger partial charge in [0.25, 0.3) is 0 Å². The van der Waals surface area contributed by atoms with Crippen molar-refractivity contribution >= 4 is 10.9 Å². The van der Waals surface area contributed by atoms with Crippen LogP contribution in [0.2, 0.25) is 0 Å². The van der Waals surface area contributed by atoms with E-state index < -0.39 is 0 Å². The van der Waals surface area contributed by atoms with Gasteiger partial charge in [0.15, 0.2) is 5.43 Å². The highest BCUT2D eigenvalue weighted by atomic mass is 16.5. The smallest absolute Gasteiger partial charge is 0.197 e. The van der Waals surface area contributed by atoms with Gasteiger partial charge in [-0.1, -0.05) is 12.1 Å². The van der Waals surface area contributed by atoms with Crippen molar-refractivity contribution in [2.24, 2.45) is 0 Å². The van der Waals surface area contributed by atoms with Crippen molar-refractivity contribution in [2.45, 2.75) is 13.0 Å². The minimum absolute atomic E-state index is 0.0453. The third kappa shape index (κ3) is 3.20. The van der Waals surface area contributed by atoms with Crippen molar-refractivity contribution in [3.8, 4) is 28.7 Å². The summed E-state index contributed by atoms with van der Waals surface area (Å²) < 4.78 is 12.4. The molecule has 1 aromatic heterocycles. The fourth-order valence-corrected chi connectivity index (χ4v) is 2.83. The van der Waals surface area contributed by atoms with Crippen molar-refractivity contribution in [3.05, 3.63) is 58.9 Å². The van der Waals surface area contributed by atoms with Crippen molar-refractivity contribution in [2.75, 3.05) is 14.2 Å². The SMILES string of the molecule is COc1ccc(-c2cn(CCC#N)c3cc(OC)ccc3c2=O)cc1. The molecule has 0 spiro atoms. The molecular formula is C20H18N2O3. The number of hydrogen-bond donors (Lipinski definition) is 0. The summed E-state index contributed by atoms with van der Waals surface area (Å²) in [6.07, 6.45) is 2.17. The molecule has 0 saturated carbocycles. The van der Waals surface area contributed by atoms with E-state index in [2.05, 4.69) is 6.07 Å². The molecule has 25 heavy (non-hydrogen) atoms. The number of methoxy groups -OCH3 is 2. The lowest BCUT2D eigenvalue weighted by molar-refractivity contribution is 0.415. The van der Waals surface area contributed by atoms with E-state index in [1.165, 1.54) is 0 Å². The number of pyridine rings is 1. The van der Waals surface area contributed by atoms with E-state index >= 15 is 0 Å². The number of fused-ring (bicyclic) bond motifs is 1. The number of rotatable bonds is 5. The quantitative estimate of drug-likeness (QED) is 0.715. The third-order valence-corrected chi connectivity index (χ3v) is 4.15. The van der Waals surface area contributed by atoms with Crippen LogP contribution in [0.25, 0.3) is 22.0 Å². The summed E-state index contributed by atoms with van der Waals surface area (Å²) >= 11 is 0. The van der Waals surface area contributed by atoms with Gasteiger partial charge >= 0.3 is 0 Å². The molecule has 0 aliphatic carbocycles. The van der Waals surface area contributed by atoms with Crippen LogP contribution >= 0.6 is 0 Å². The van der Waals surface area contributed by atoms with E-state index in [0.717, 1.165) is 16.8 Å². The summed E-state index contributed by atoms with van der Waals surface area (Å²) in [4.78, 5) is 13.0. The average Bonchev–Trinajstić information content (AvgIpc) is 2.67. The molecule has 0 aliphatic rings. The first-order valence-electron chi connectivity index (χ1n) is 7.90. The molecule has 0 unspecified atom stereocenters. The Labute approximate surface area is 145 Å². The lowest BCUT2D eigenvalue weighted by Crippen LogP contribution is -2.12. The summed E-state index contributed by atoms with van der Waals surface area (Å²) in [5.41, 5.74) is 2.13. The molecule has 5 heteroatoms. The highest BCUT2D eigenvalue weighted by Gasteiger charge is 2.12. The first-order valence-corrected chi connectivity index (χ1v) is 7.90. The van der Waals surface area contributed by atoms with Gasteiger partial charge in [-0.15, -0.1) is 0 Å². The molecule has 1 heterocycles. The van der Waals surface area contributed by atoms with Crippen molar-refractivity contribution in [1.82, 2.24) is 4.57 Å². The second-order valence-corrected chi connectivity index (χ2v) is 5.58. The molecule has 3 rings (SSSR count). The summed E-state index contributed by atoms with van der Waals surface area (Å²) in [5.74, 6) is 1.41. The molecule has 0 fully saturated rings. The van der Waals surface area contributed by atoms with Gasteiger partial charge < -0.3 is 14.0 Å². The van der Waals surface area contributed by atoms with Crippen LogP contribution in [0.3, 0.4) is 0 Å². The predicted molar refractivity (Wildman–Crippen MR) is 97.0 cm³/mol. The standard InChI is InChI=1S/C20H18N2O3/c1-24-15-6-4-14(5-7-15)18-13-22(11-3-10-21)19-12-16(25-2)8-9-17(19)20(18)23/h4-9,12-13H,3,11H2,1-2H3. The Morgan fingerprint density at radius 1 is 1.04 bits per heavy atom. The molecule has 126 valence electrons. The van der Waals surface area contributed by atoms with E-state index in [1.807, 2.05) is 41.1 Å². The number of nitriles is 1. The van der Waals surface area contributed by atoms with Gasteiger partial charge in [0.05, 0.1) is 32.2 Å². The number of aromatic nitrogens is 1. The Morgan fingerprint density at radius 3 is 2.36 bits per heavy atom. The van der Waals surface area contributed by atoms with Gasteiger partial charge in [0.1, 0.15) is 11.5 Å². The number of benzene rings is 2. The predicted octanol–water partition coefficient (Wildman–Crippen LogP) is 3.60. The zero-order chi connectivity index (χ0) is 17.8. The van der Waals surface area contributed by atoms with E-state index in [1.54, 1.807) is 26.4 Å². The topological polar surface area (TPSA) is 64.2 Å². The molecule has 0 radical (unpaired) electrons. The van der Waals surface area contributed by atoms with Gasteiger partial charge in [-0.25, -0.2) is 0 Å². The van der Waals surface area contributed by atoms with Crippen LogP contribution in [0.1, 0.15) is 6.42 Å². The molecule has 0 aliphatic heterocycles. The summed E-state index contributed by atoms with van der Waals surface area (Å²) in [6.45, 7) is 0.504. The maximum atomic E-state index is 13.0. The minimum atomic E-state index is -0.0453. The van der Waals surface area contributed by atoms with Crippen molar-refractivity contribution in [1.29, 1.82) is 5.26 Å². The second kappa shape index (κ2) is 7.10. The van der Waals surface area contributed by atoms with E-state index in [0.29, 0.717) is 29.7 Å². The maximum Gasteiger partial charge on any atom is 0.197 e. The fourth-order valence-electron chi connectivity index (χ4n) is 2.83. The van der Waals surface area contributed by atoms with Gasteiger partial charge in [0.2, 0.25) is 0 Å². The first kappa shape index (κ1) is 16.6. The van der Waals surface area contributed by atoms with Crippen LogP contribution in [0.4, 0.5) is 0 Å². The number of ether oxygens (including phenoxy) is 2. The summed E-state index contributed by atoms with van der Waals surface area (Å²) in [7, 11) is 3.19. The monoisotopic (exact) mass is 334 g/mol. The molecule has 3 aromatic rings. The third-order valence-electron chi connectivity index (χ3n) is 4.15. The van der Waals surface area contributed by atoms with Crippen LogP contribution in [-0.4, -0.2) is 18.8 Å². The normalized spacial score (nSPS) is 10.4. The molecule has 0 N–H and O–H groups in total. The lowest BCUT2D eigenvalue weighted by atomic mass is 10.0. The highest BCUT2D eigenvalue weighted by molar-refractivity contribution is 5.85. The molecule has 2 aromatic carbocycles. The number of nitrogens with zero attached hydrogens (tertiary/aromatic N) is 2. The molecule has 0 saturated heterocycles. The Kier molecular flexibility index (Phi) is 4.71. The van der Waals surface area contributed by atoms with E-state index in [4.69, 9.17) is 14.7 Å². The van der Waals surface area contributed by atoms with Gasteiger partial charge in [0, 0.05) is 29.8 Å². The number of hydrogen-bond acceptors (Lipinski definition) is 4. The maximum absolute atomic E-state index is 13.0. The van der Waals surface area contributed by atoms with Crippen molar-refractivity contribution in [3.63, 3.8) is 0 Å². The fraction of sp³-hybridized carbons (Fsp3) is 0.200. The summed E-state index contributed by atoms with van der Waals surface area (Å²) in [5, 5.41) is 9.54. The lowest BCUT2D eigenvalue weighted by Gasteiger charge is -2.13. The Morgan fingerprint density at radius 2 is 1.72 bits per heavy atom. The first-order chi connectivity index (χ1) is 12.2. The van der Waals surface area contributed by atoms with Crippen LogP contribution in [0.15, 0.2) is 53.5 Å². The minimum Gasteiger partial charge on any atom is -0.497 e. The van der Waals surface area contributed by atoms with Crippen LogP contribution in [0.5, 0.6) is 11.5 Å². The average molecular weight is 334 g/mol. The summed E-state index contributed by atoms with van der Waals surface area (Å²) in [6, 6.07) is 14.9. The number of aryl methyl sites for hydroxylation is 1. The van der Waals surface area contributed by atoms with Gasteiger partial charge in [-0.3, -0.25) is 4.79 Å². The second-order valence-electron chi connectivity index (χ2n) is 5.58. The Hall–Kier alpha value is -3.26. The van der Waals surface area contributed by atoms with Gasteiger partial charge in [-0.05, 0) is 29.8 Å². The van der Waals surface area contributed by atoms with Gasteiger partial charge in [-0.2, -0.15) is 5.26 Å².